The fourth-order valence-corrected chi connectivity index (χ4v) is 0.827. The Kier molecular flexibility index (Phi) is 1.93. The Morgan fingerprint density at radius 1 is 1.70 bits per heavy atom. The molecule has 0 unspecified atom stereocenters. The second-order valence-electron chi connectivity index (χ2n) is 1.61. The maximum absolute atomic E-state index is 10.7. The molecule has 3 heteroatoms. The van der Waals surface area contributed by atoms with Crippen LogP contribution >= 0.6 is 15.9 Å². The molecule has 0 aliphatic heterocycles. The highest BCUT2D eigenvalue weighted by Crippen LogP contribution is 2.06. The SMILES string of the molecule is C#Cc1cc(Br)coc1=O. The Labute approximate surface area is 66.0 Å². The van der Waals surface area contributed by atoms with E-state index in [-0.39, 0.29) is 5.56 Å². The van der Waals surface area contributed by atoms with Gasteiger partial charge in [0.05, 0.1) is 4.47 Å². The first-order valence-electron chi connectivity index (χ1n) is 2.49. The third-order valence-electron chi connectivity index (χ3n) is 0.936. The van der Waals surface area contributed by atoms with E-state index < -0.39 is 5.63 Å². The minimum absolute atomic E-state index is 0.231. The number of hydrogen-bond acceptors (Lipinski definition) is 2. The van der Waals surface area contributed by atoms with Crippen molar-refractivity contribution in [3.63, 3.8) is 0 Å². The van der Waals surface area contributed by atoms with Crippen molar-refractivity contribution >= 4 is 15.9 Å². The van der Waals surface area contributed by atoms with Crippen LogP contribution in [0, 0.1) is 12.3 Å². The molecule has 2 nitrogen and oxygen atoms in total. The van der Waals surface area contributed by atoms with Crippen molar-refractivity contribution in [1.82, 2.24) is 0 Å². The summed E-state index contributed by atoms with van der Waals surface area (Å²) in [6.45, 7) is 0. The van der Waals surface area contributed by atoms with Crippen molar-refractivity contribution in [3.05, 3.63) is 32.8 Å². The summed E-state index contributed by atoms with van der Waals surface area (Å²) in [6.07, 6.45) is 6.28. The molecule has 1 aromatic rings. The first-order valence-corrected chi connectivity index (χ1v) is 3.28. The van der Waals surface area contributed by atoms with E-state index in [4.69, 9.17) is 6.42 Å². The van der Waals surface area contributed by atoms with Crippen LogP contribution in [-0.4, -0.2) is 0 Å². The van der Waals surface area contributed by atoms with E-state index in [1.54, 1.807) is 0 Å². The molecule has 0 bridgehead atoms. The normalized spacial score (nSPS) is 8.80. The third-order valence-corrected chi connectivity index (χ3v) is 1.35. The summed E-state index contributed by atoms with van der Waals surface area (Å²) >= 11 is 3.11. The van der Waals surface area contributed by atoms with Gasteiger partial charge >= 0.3 is 5.63 Å². The Morgan fingerprint density at radius 2 is 2.40 bits per heavy atom. The van der Waals surface area contributed by atoms with Gasteiger partial charge in [-0.1, -0.05) is 5.92 Å². The van der Waals surface area contributed by atoms with Crippen LogP contribution in [0.4, 0.5) is 0 Å². The molecule has 0 radical (unpaired) electrons. The molecule has 1 heterocycles. The molecule has 0 N–H and O–H groups in total. The summed E-state index contributed by atoms with van der Waals surface area (Å²) in [5.74, 6) is 2.20. The number of halogens is 1. The van der Waals surface area contributed by atoms with Crippen molar-refractivity contribution in [2.24, 2.45) is 0 Å². The van der Waals surface area contributed by atoms with E-state index in [2.05, 4.69) is 26.3 Å². The summed E-state index contributed by atoms with van der Waals surface area (Å²) in [5, 5.41) is 0. The minimum atomic E-state index is -0.481. The van der Waals surface area contributed by atoms with Crippen LogP contribution in [0.2, 0.25) is 0 Å². The van der Waals surface area contributed by atoms with Gasteiger partial charge in [-0.05, 0) is 22.0 Å². The molecule has 0 saturated carbocycles. The van der Waals surface area contributed by atoms with Crippen LogP contribution in [0.1, 0.15) is 5.56 Å². The minimum Gasteiger partial charge on any atom is -0.429 e. The van der Waals surface area contributed by atoms with Crippen LogP contribution < -0.4 is 5.63 Å². The Morgan fingerprint density at radius 3 is 2.90 bits per heavy atom. The lowest BCUT2D eigenvalue weighted by atomic mass is 10.3. The van der Waals surface area contributed by atoms with E-state index in [1.807, 2.05) is 0 Å². The molecule has 10 heavy (non-hydrogen) atoms. The molecule has 0 amide bonds. The van der Waals surface area contributed by atoms with Gasteiger partial charge in [0.25, 0.3) is 0 Å². The number of hydrogen-bond donors (Lipinski definition) is 0. The van der Waals surface area contributed by atoms with Crippen LogP contribution in [-0.2, 0) is 0 Å². The summed E-state index contributed by atoms with van der Waals surface area (Å²) in [6, 6.07) is 1.53. The highest BCUT2D eigenvalue weighted by molar-refractivity contribution is 9.10. The molecule has 0 aliphatic carbocycles. The number of rotatable bonds is 0. The zero-order chi connectivity index (χ0) is 7.56. The molecular formula is C7H3BrO2. The zero-order valence-electron chi connectivity index (χ0n) is 4.93. The topological polar surface area (TPSA) is 30.2 Å². The Balaban J connectivity index is 3.40. The van der Waals surface area contributed by atoms with E-state index >= 15 is 0 Å². The second-order valence-corrected chi connectivity index (χ2v) is 2.53. The molecule has 1 aromatic heterocycles. The van der Waals surface area contributed by atoms with Gasteiger partial charge in [-0.3, -0.25) is 0 Å². The molecule has 1 rings (SSSR count). The average molecular weight is 199 g/mol. The van der Waals surface area contributed by atoms with Crippen molar-refractivity contribution in [2.45, 2.75) is 0 Å². The predicted molar refractivity (Wildman–Crippen MR) is 40.6 cm³/mol. The predicted octanol–water partition coefficient (Wildman–Crippen LogP) is 1.38. The lowest BCUT2D eigenvalue weighted by Crippen LogP contribution is -2.01. The van der Waals surface area contributed by atoms with E-state index in [9.17, 15) is 4.79 Å². The van der Waals surface area contributed by atoms with Crippen molar-refractivity contribution in [2.75, 3.05) is 0 Å². The largest absolute Gasteiger partial charge is 0.429 e. The molecule has 0 saturated heterocycles. The summed E-state index contributed by atoms with van der Waals surface area (Å²) in [7, 11) is 0. The van der Waals surface area contributed by atoms with Crippen molar-refractivity contribution in [1.29, 1.82) is 0 Å². The van der Waals surface area contributed by atoms with Gasteiger partial charge < -0.3 is 4.42 Å². The van der Waals surface area contributed by atoms with Crippen LogP contribution in [0.15, 0.2) is 26.0 Å². The van der Waals surface area contributed by atoms with Gasteiger partial charge in [-0.2, -0.15) is 0 Å². The smallest absolute Gasteiger partial charge is 0.351 e. The molecular weight excluding hydrogens is 196 g/mol. The fraction of sp³-hybridized carbons (Fsp3) is 0. The van der Waals surface area contributed by atoms with Gasteiger partial charge in [0.15, 0.2) is 0 Å². The Hall–Kier alpha value is -1.01. The van der Waals surface area contributed by atoms with Crippen LogP contribution in [0.25, 0.3) is 0 Å². The van der Waals surface area contributed by atoms with Gasteiger partial charge in [-0.15, -0.1) is 6.42 Å². The summed E-state index contributed by atoms with van der Waals surface area (Å²) in [5.41, 5.74) is -0.250. The molecule has 0 fully saturated rings. The van der Waals surface area contributed by atoms with Crippen LogP contribution in [0.5, 0.6) is 0 Å². The van der Waals surface area contributed by atoms with E-state index in [1.165, 1.54) is 12.3 Å². The lowest BCUT2D eigenvalue weighted by molar-refractivity contribution is 0.505. The number of terminal acetylenes is 1. The molecule has 0 aliphatic rings. The molecule has 0 atom stereocenters. The van der Waals surface area contributed by atoms with Crippen molar-refractivity contribution in [3.8, 4) is 12.3 Å². The maximum atomic E-state index is 10.7. The van der Waals surface area contributed by atoms with Crippen LogP contribution in [0.3, 0.4) is 0 Å². The first-order chi connectivity index (χ1) is 4.74. The van der Waals surface area contributed by atoms with E-state index in [0.29, 0.717) is 4.47 Å². The van der Waals surface area contributed by atoms with Crippen molar-refractivity contribution < 1.29 is 4.42 Å². The highest BCUT2D eigenvalue weighted by Gasteiger charge is 1.96. The molecule has 0 aromatic carbocycles. The molecule has 50 valence electrons. The third kappa shape index (κ3) is 1.28. The van der Waals surface area contributed by atoms with Gasteiger partial charge in [-0.25, -0.2) is 4.79 Å². The van der Waals surface area contributed by atoms with Gasteiger partial charge in [0.1, 0.15) is 11.8 Å². The molecule has 0 spiro atoms. The zero-order valence-corrected chi connectivity index (χ0v) is 6.51. The highest BCUT2D eigenvalue weighted by atomic mass is 79.9. The fourth-order valence-electron chi connectivity index (χ4n) is 0.505. The lowest BCUT2D eigenvalue weighted by Gasteiger charge is -1.87. The quantitative estimate of drug-likeness (QED) is 0.591. The van der Waals surface area contributed by atoms with Gasteiger partial charge in [0, 0.05) is 0 Å². The monoisotopic (exact) mass is 198 g/mol. The maximum Gasteiger partial charge on any atom is 0.351 e. The van der Waals surface area contributed by atoms with E-state index in [0.717, 1.165) is 0 Å². The van der Waals surface area contributed by atoms with Gasteiger partial charge in [0.2, 0.25) is 0 Å². The Bertz CT molecular complexity index is 332. The second kappa shape index (κ2) is 2.72. The summed E-state index contributed by atoms with van der Waals surface area (Å²) in [4.78, 5) is 10.7. The average Bonchev–Trinajstić information content (AvgIpc) is 1.94. The first kappa shape index (κ1) is 7.10. The standard InChI is InChI=1S/C7H3BrO2/c1-2-5-3-6(8)4-10-7(5)9/h1,3-4H. The summed E-state index contributed by atoms with van der Waals surface area (Å²) < 4.78 is 5.20.